The van der Waals surface area contributed by atoms with Crippen LogP contribution in [0.3, 0.4) is 0 Å². The number of nitrogens with one attached hydrogen (secondary N) is 1. The Morgan fingerprint density at radius 1 is 1.23 bits per heavy atom. The Hall–Kier alpha value is -3.12. The Balaban J connectivity index is 1.32. The number of rotatable bonds is 6. The summed E-state index contributed by atoms with van der Waals surface area (Å²) in [5, 5.41) is 3.49. The number of oxazole rings is 1. The van der Waals surface area contributed by atoms with Crippen LogP contribution < -0.4 is 10.2 Å². The number of aryl methyl sites for hydroxylation is 1. The molecule has 2 amide bonds. The second kappa shape index (κ2) is 8.71. The summed E-state index contributed by atoms with van der Waals surface area (Å²) in [5.41, 5.74) is 2.45. The van der Waals surface area contributed by atoms with Crippen LogP contribution in [0.15, 0.2) is 59.0 Å². The quantitative estimate of drug-likeness (QED) is 0.649. The first kappa shape index (κ1) is 20.2. The van der Waals surface area contributed by atoms with Gasteiger partial charge in [-0.15, -0.1) is 0 Å². The molecule has 0 bridgehead atoms. The lowest BCUT2D eigenvalue weighted by Gasteiger charge is -2.17. The van der Waals surface area contributed by atoms with Gasteiger partial charge in [-0.05, 0) is 37.3 Å². The Kier molecular flexibility index (Phi) is 5.86. The van der Waals surface area contributed by atoms with Crippen LogP contribution in [0.4, 0.5) is 5.69 Å². The van der Waals surface area contributed by atoms with Crippen LogP contribution in [-0.4, -0.2) is 29.9 Å². The van der Waals surface area contributed by atoms with Gasteiger partial charge in [0.1, 0.15) is 5.76 Å². The third-order valence-corrected chi connectivity index (χ3v) is 5.43. The number of hydrogen-bond donors (Lipinski definition) is 1. The number of carbonyl (C=O) groups is 2. The summed E-state index contributed by atoms with van der Waals surface area (Å²) in [5.74, 6) is 0.739. The molecule has 0 spiro atoms. The molecule has 4 rings (SSSR count). The Morgan fingerprint density at radius 3 is 2.80 bits per heavy atom. The highest BCUT2D eigenvalue weighted by molar-refractivity contribution is 6.31. The van der Waals surface area contributed by atoms with Crippen molar-refractivity contribution in [1.82, 2.24) is 10.3 Å². The molecule has 0 saturated carbocycles. The fourth-order valence-corrected chi connectivity index (χ4v) is 3.77. The van der Waals surface area contributed by atoms with E-state index in [1.165, 1.54) is 0 Å². The maximum absolute atomic E-state index is 12.6. The van der Waals surface area contributed by atoms with Crippen molar-refractivity contribution in [3.63, 3.8) is 0 Å². The molecule has 1 saturated heterocycles. The van der Waals surface area contributed by atoms with Crippen LogP contribution in [0.1, 0.15) is 17.9 Å². The third-order valence-electron chi connectivity index (χ3n) is 5.19. The van der Waals surface area contributed by atoms with E-state index in [2.05, 4.69) is 10.3 Å². The van der Waals surface area contributed by atoms with Gasteiger partial charge in [-0.25, -0.2) is 4.98 Å². The van der Waals surface area contributed by atoms with Gasteiger partial charge in [0.05, 0.1) is 11.6 Å². The van der Waals surface area contributed by atoms with E-state index >= 15 is 0 Å². The largest absolute Gasteiger partial charge is 0.441 e. The normalized spacial score (nSPS) is 16.1. The number of hydrogen-bond acceptors (Lipinski definition) is 4. The van der Waals surface area contributed by atoms with Gasteiger partial charge in [-0.2, -0.15) is 0 Å². The molecular weight excluding hydrogens is 402 g/mol. The fraction of sp³-hybridized carbons (Fsp3) is 0.261. The van der Waals surface area contributed by atoms with E-state index in [1.54, 1.807) is 23.1 Å². The molecule has 2 aromatic carbocycles. The highest BCUT2D eigenvalue weighted by Gasteiger charge is 2.35. The highest BCUT2D eigenvalue weighted by atomic mass is 35.5. The van der Waals surface area contributed by atoms with Gasteiger partial charge < -0.3 is 14.6 Å². The first-order valence-corrected chi connectivity index (χ1v) is 10.2. The maximum atomic E-state index is 12.6. The van der Waals surface area contributed by atoms with Gasteiger partial charge in [0.2, 0.25) is 17.7 Å². The van der Waals surface area contributed by atoms with Gasteiger partial charge >= 0.3 is 0 Å². The minimum Gasteiger partial charge on any atom is -0.441 e. The summed E-state index contributed by atoms with van der Waals surface area (Å²) < 4.78 is 5.76. The fourth-order valence-electron chi connectivity index (χ4n) is 3.59. The summed E-state index contributed by atoms with van der Waals surface area (Å²) >= 11 is 6.02. The van der Waals surface area contributed by atoms with Crippen molar-refractivity contribution < 1.29 is 14.0 Å². The maximum Gasteiger partial charge on any atom is 0.227 e. The molecule has 0 radical (unpaired) electrons. The molecule has 1 fully saturated rings. The smallest absolute Gasteiger partial charge is 0.227 e. The number of halogens is 1. The molecule has 154 valence electrons. The first-order chi connectivity index (χ1) is 14.5. The van der Waals surface area contributed by atoms with Gasteiger partial charge in [0, 0.05) is 42.2 Å². The van der Waals surface area contributed by atoms with Crippen molar-refractivity contribution in [2.45, 2.75) is 19.8 Å². The predicted octanol–water partition coefficient (Wildman–Crippen LogP) is 4.02. The summed E-state index contributed by atoms with van der Waals surface area (Å²) in [4.78, 5) is 31.1. The second-order valence-electron chi connectivity index (χ2n) is 7.31. The lowest BCUT2D eigenvalue weighted by molar-refractivity contribution is -0.126. The van der Waals surface area contributed by atoms with Crippen LogP contribution >= 0.6 is 11.6 Å². The number of anilines is 1. The highest BCUT2D eigenvalue weighted by Crippen LogP contribution is 2.27. The van der Waals surface area contributed by atoms with Gasteiger partial charge in [0.25, 0.3) is 0 Å². The molecule has 1 aliphatic heterocycles. The Bertz CT molecular complexity index is 1060. The van der Waals surface area contributed by atoms with Gasteiger partial charge in [0.15, 0.2) is 0 Å². The zero-order valence-corrected chi connectivity index (χ0v) is 17.4. The molecule has 3 aromatic rings. The topological polar surface area (TPSA) is 75.4 Å². The summed E-state index contributed by atoms with van der Waals surface area (Å²) in [6, 6.07) is 16.8. The van der Waals surface area contributed by atoms with E-state index in [0.717, 1.165) is 22.7 Å². The third kappa shape index (κ3) is 4.39. The summed E-state index contributed by atoms with van der Waals surface area (Å²) in [7, 11) is 0. The van der Waals surface area contributed by atoms with Crippen LogP contribution in [0.5, 0.6) is 0 Å². The standard InChI is InChI=1S/C23H22ClN3O3/c1-15-20(26-23(30-15)16-6-3-2-4-7-16)10-11-25-22(29)17-12-21(28)27(14-17)19-9-5-8-18(24)13-19/h2-9,13,17H,10-12,14H2,1H3,(H,25,29). The van der Waals surface area contributed by atoms with E-state index in [4.69, 9.17) is 16.0 Å². The zero-order chi connectivity index (χ0) is 21.1. The van der Waals surface area contributed by atoms with Crippen molar-refractivity contribution in [2.75, 3.05) is 18.0 Å². The minimum absolute atomic E-state index is 0.0720. The monoisotopic (exact) mass is 423 g/mol. The van der Waals surface area contributed by atoms with Crippen molar-refractivity contribution in [3.8, 4) is 11.5 Å². The minimum atomic E-state index is -0.380. The number of amides is 2. The molecule has 1 N–H and O–H groups in total. The van der Waals surface area contributed by atoms with E-state index in [9.17, 15) is 9.59 Å². The first-order valence-electron chi connectivity index (χ1n) is 9.86. The van der Waals surface area contributed by atoms with Crippen molar-refractivity contribution in [1.29, 1.82) is 0 Å². The second-order valence-corrected chi connectivity index (χ2v) is 7.75. The number of benzene rings is 2. The lowest BCUT2D eigenvalue weighted by Crippen LogP contribution is -2.34. The van der Waals surface area contributed by atoms with Crippen molar-refractivity contribution in [3.05, 3.63) is 71.1 Å². The van der Waals surface area contributed by atoms with E-state index in [1.807, 2.05) is 43.3 Å². The molecule has 6 nitrogen and oxygen atoms in total. The molecule has 1 atom stereocenters. The van der Waals surface area contributed by atoms with Crippen molar-refractivity contribution in [2.24, 2.45) is 5.92 Å². The van der Waals surface area contributed by atoms with Gasteiger partial charge in [-0.3, -0.25) is 9.59 Å². The SMILES string of the molecule is Cc1oc(-c2ccccc2)nc1CCNC(=O)C1CC(=O)N(c2cccc(Cl)c2)C1. The average Bonchev–Trinajstić information content (AvgIpc) is 3.31. The molecule has 0 aliphatic carbocycles. The molecule has 1 aromatic heterocycles. The molecule has 7 heteroatoms. The average molecular weight is 424 g/mol. The summed E-state index contributed by atoms with van der Waals surface area (Å²) in [6.45, 7) is 2.66. The van der Waals surface area contributed by atoms with E-state index < -0.39 is 0 Å². The number of carbonyl (C=O) groups excluding carboxylic acids is 2. The molecule has 2 heterocycles. The Morgan fingerprint density at radius 2 is 2.03 bits per heavy atom. The lowest BCUT2D eigenvalue weighted by atomic mass is 10.1. The summed E-state index contributed by atoms with van der Waals surface area (Å²) in [6.07, 6.45) is 0.756. The van der Waals surface area contributed by atoms with Crippen LogP contribution in [0, 0.1) is 12.8 Å². The van der Waals surface area contributed by atoms with E-state index in [-0.39, 0.29) is 24.2 Å². The molecular formula is C23H22ClN3O3. The van der Waals surface area contributed by atoms with Crippen molar-refractivity contribution >= 4 is 29.1 Å². The molecule has 1 unspecified atom stereocenters. The van der Waals surface area contributed by atoms with Crippen LogP contribution in [0.2, 0.25) is 5.02 Å². The zero-order valence-electron chi connectivity index (χ0n) is 16.6. The van der Waals surface area contributed by atoms with Crippen LogP contribution in [0.25, 0.3) is 11.5 Å². The van der Waals surface area contributed by atoms with E-state index in [0.29, 0.717) is 30.4 Å². The Labute approximate surface area is 179 Å². The number of nitrogens with zero attached hydrogens (tertiary/aromatic N) is 2. The predicted molar refractivity (Wildman–Crippen MR) is 115 cm³/mol. The number of aromatic nitrogens is 1. The molecule has 30 heavy (non-hydrogen) atoms. The van der Waals surface area contributed by atoms with Gasteiger partial charge in [-0.1, -0.05) is 35.9 Å². The van der Waals surface area contributed by atoms with Crippen LogP contribution in [-0.2, 0) is 16.0 Å². The molecule has 1 aliphatic rings.